The van der Waals surface area contributed by atoms with Crippen LogP contribution >= 0.6 is 0 Å². The minimum Gasteiger partial charge on any atom is -0.384 e. The molecule has 0 radical (unpaired) electrons. The van der Waals surface area contributed by atoms with Gasteiger partial charge < -0.3 is 20.7 Å². The van der Waals surface area contributed by atoms with Gasteiger partial charge in [-0.1, -0.05) is 0 Å². The van der Waals surface area contributed by atoms with E-state index in [9.17, 15) is 4.79 Å². The summed E-state index contributed by atoms with van der Waals surface area (Å²) in [6.45, 7) is 7.13. The van der Waals surface area contributed by atoms with Crippen molar-refractivity contribution in [1.82, 2.24) is 10.2 Å². The van der Waals surface area contributed by atoms with Gasteiger partial charge in [0, 0.05) is 25.7 Å². The zero-order valence-electron chi connectivity index (χ0n) is 13.0. The molecule has 0 aromatic rings. The number of rotatable bonds is 8. The molecule has 1 aliphatic carbocycles. The quantitative estimate of drug-likeness (QED) is 0.689. The van der Waals surface area contributed by atoms with Crippen molar-refractivity contribution in [3.63, 3.8) is 0 Å². The number of nitrogens with two attached hydrogens (primary N) is 1. The zero-order valence-corrected chi connectivity index (χ0v) is 13.0. The van der Waals surface area contributed by atoms with Gasteiger partial charge in [0.1, 0.15) is 0 Å². The lowest BCUT2D eigenvalue weighted by atomic mass is 9.92. The topological polar surface area (TPSA) is 67.6 Å². The lowest BCUT2D eigenvalue weighted by molar-refractivity contribution is -0.124. The summed E-state index contributed by atoms with van der Waals surface area (Å²) in [5.41, 5.74) is 5.05. The molecule has 1 saturated heterocycles. The number of amides is 1. The smallest absolute Gasteiger partial charge is 0.237 e. The summed E-state index contributed by atoms with van der Waals surface area (Å²) in [6, 6.07) is 0.847. The van der Waals surface area contributed by atoms with E-state index in [-0.39, 0.29) is 5.91 Å². The van der Waals surface area contributed by atoms with Crippen LogP contribution in [0.4, 0.5) is 0 Å². The number of primary amides is 1. The molecule has 0 spiro atoms. The summed E-state index contributed by atoms with van der Waals surface area (Å²) in [5.74, 6) is 0.391. The van der Waals surface area contributed by atoms with E-state index in [1.54, 1.807) is 7.11 Å². The van der Waals surface area contributed by atoms with E-state index in [4.69, 9.17) is 10.5 Å². The predicted molar refractivity (Wildman–Crippen MR) is 79.4 cm³/mol. The lowest BCUT2D eigenvalue weighted by Gasteiger charge is -2.34. The van der Waals surface area contributed by atoms with E-state index in [2.05, 4.69) is 17.1 Å². The van der Waals surface area contributed by atoms with Crippen molar-refractivity contribution in [3.8, 4) is 0 Å². The first-order chi connectivity index (χ1) is 9.44. The van der Waals surface area contributed by atoms with E-state index in [0.29, 0.717) is 18.0 Å². The molecule has 3 unspecified atom stereocenters. The third-order valence-electron chi connectivity index (χ3n) is 4.69. The first-order valence-corrected chi connectivity index (χ1v) is 7.75. The van der Waals surface area contributed by atoms with Gasteiger partial charge in [-0.25, -0.2) is 0 Å². The molecule has 0 aromatic heterocycles. The van der Waals surface area contributed by atoms with Gasteiger partial charge in [-0.2, -0.15) is 0 Å². The molecule has 0 aromatic carbocycles. The maximum atomic E-state index is 11.8. The minimum absolute atomic E-state index is 0.233. The van der Waals surface area contributed by atoms with Crippen LogP contribution in [0.2, 0.25) is 0 Å². The van der Waals surface area contributed by atoms with Crippen LogP contribution < -0.4 is 11.1 Å². The van der Waals surface area contributed by atoms with Crippen LogP contribution in [0.3, 0.4) is 0 Å². The molecular weight excluding hydrogens is 254 g/mol. The second-order valence-electron chi connectivity index (χ2n) is 6.77. The van der Waals surface area contributed by atoms with Crippen molar-refractivity contribution >= 4 is 5.91 Å². The Kier molecular flexibility index (Phi) is 5.04. The summed E-state index contributed by atoms with van der Waals surface area (Å²) < 4.78 is 5.24. The fourth-order valence-electron chi connectivity index (χ4n) is 3.26. The Morgan fingerprint density at radius 3 is 2.75 bits per heavy atom. The van der Waals surface area contributed by atoms with E-state index >= 15 is 0 Å². The van der Waals surface area contributed by atoms with Gasteiger partial charge in [0.05, 0.1) is 12.1 Å². The zero-order chi connectivity index (χ0) is 14.8. The normalized spacial score (nSPS) is 28.2. The number of hydrogen-bond donors (Lipinski definition) is 2. The first-order valence-electron chi connectivity index (χ1n) is 7.75. The molecule has 1 aliphatic heterocycles. The molecule has 0 bridgehead atoms. The van der Waals surface area contributed by atoms with Crippen molar-refractivity contribution in [1.29, 1.82) is 0 Å². The number of hydrogen-bond acceptors (Lipinski definition) is 4. The lowest BCUT2D eigenvalue weighted by Crippen LogP contribution is -2.57. The number of likely N-dealkylation sites (tertiary alicyclic amines) is 1. The van der Waals surface area contributed by atoms with Crippen molar-refractivity contribution in [2.75, 3.05) is 26.8 Å². The highest BCUT2D eigenvalue weighted by molar-refractivity contribution is 5.84. The van der Waals surface area contributed by atoms with Gasteiger partial charge in [-0.15, -0.1) is 0 Å². The molecule has 5 heteroatoms. The third-order valence-corrected chi connectivity index (χ3v) is 4.69. The van der Waals surface area contributed by atoms with Gasteiger partial charge in [-0.3, -0.25) is 4.79 Å². The van der Waals surface area contributed by atoms with Crippen LogP contribution in [0, 0.1) is 5.92 Å². The standard InChI is InChI=1S/C15H29N3O2/c1-11(18-7-6-12(9-18)10-20-3)8-15(2,14(16)19)17-13-4-5-13/h11-13,17H,4-10H2,1-3H3,(H2,16,19). The highest BCUT2D eigenvalue weighted by atomic mass is 16.5. The summed E-state index contributed by atoms with van der Waals surface area (Å²) >= 11 is 0. The molecule has 1 saturated carbocycles. The SMILES string of the molecule is COCC1CCN(C(C)CC(C)(NC2CC2)C(N)=O)C1. The van der Waals surface area contributed by atoms with Crippen LogP contribution in [0.1, 0.15) is 39.5 Å². The second-order valence-corrected chi connectivity index (χ2v) is 6.77. The van der Waals surface area contributed by atoms with E-state index in [1.165, 1.54) is 6.42 Å². The molecule has 2 aliphatic rings. The summed E-state index contributed by atoms with van der Waals surface area (Å²) in [6.07, 6.45) is 4.29. The maximum Gasteiger partial charge on any atom is 0.237 e. The molecule has 20 heavy (non-hydrogen) atoms. The number of carbonyl (C=O) groups is 1. The van der Waals surface area contributed by atoms with Crippen molar-refractivity contribution in [3.05, 3.63) is 0 Å². The Labute approximate surface area is 122 Å². The molecule has 3 N–H and O–H groups in total. The number of ether oxygens (including phenoxy) is 1. The highest BCUT2D eigenvalue weighted by Gasteiger charge is 2.39. The molecule has 5 nitrogen and oxygen atoms in total. The average molecular weight is 283 g/mol. The van der Waals surface area contributed by atoms with E-state index in [1.807, 2.05) is 6.92 Å². The van der Waals surface area contributed by atoms with Crippen LogP contribution in [-0.2, 0) is 9.53 Å². The number of carbonyl (C=O) groups excluding carboxylic acids is 1. The third kappa shape index (κ3) is 3.93. The second kappa shape index (κ2) is 6.41. The minimum atomic E-state index is -0.583. The number of methoxy groups -OCH3 is 1. The Morgan fingerprint density at radius 1 is 1.50 bits per heavy atom. The Balaban J connectivity index is 1.88. The van der Waals surface area contributed by atoms with Crippen LogP contribution in [0.5, 0.6) is 0 Å². The number of nitrogens with zero attached hydrogens (tertiary/aromatic N) is 1. The van der Waals surface area contributed by atoms with Gasteiger partial charge in [0.15, 0.2) is 0 Å². The summed E-state index contributed by atoms with van der Waals surface area (Å²) in [7, 11) is 1.76. The van der Waals surface area contributed by atoms with Crippen molar-refractivity contribution in [2.24, 2.45) is 11.7 Å². The van der Waals surface area contributed by atoms with Crippen LogP contribution in [-0.4, -0.2) is 55.2 Å². The molecule has 2 rings (SSSR count). The fraction of sp³-hybridized carbons (Fsp3) is 0.933. The van der Waals surface area contributed by atoms with Crippen LogP contribution in [0.25, 0.3) is 0 Å². The average Bonchev–Trinajstić information content (AvgIpc) is 3.05. The highest BCUT2D eigenvalue weighted by Crippen LogP contribution is 2.27. The van der Waals surface area contributed by atoms with E-state index in [0.717, 1.165) is 39.0 Å². The Bertz CT molecular complexity index is 346. The summed E-state index contributed by atoms with van der Waals surface area (Å²) in [4.78, 5) is 14.3. The Morgan fingerprint density at radius 2 is 2.20 bits per heavy atom. The fourth-order valence-corrected chi connectivity index (χ4v) is 3.26. The first kappa shape index (κ1) is 15.7. The monoisotopic (exact) mass is 283 g/mol. The van der Waals surface area contributed by atoms with Crippen molar-refractivity contribution in [2.45, 2.75) is 57.2 Å². The predicted octanol–water partition coefficient (Wildman–Crippen LogP) is 0.729. The largest absolute Gasteiger partial charge is 0.384 e. The van der Waals surface area contributed by atoms with Crippen LogP contribution in [0.15, 0.2) is 0 Å². The molecule has 1 amide bonds. The van der Waals surface area contributed by atoms with Gasteiger partial charge >= 0.3 is 0 Å². The molecular formula is C15H29N3O2. The van der Waals surface area contributed by atoms with Gasteiger partial charge in [-0.05, 0) is 52.0 Å². The van der Waals surface area contributed by atoms with E-state index < -0.39 is 5.54 Å². The molecule has 116 valence electrons. The van der Waals surface area contributed by atoms with Gasteiger partial charge in [0.2, 0.25) is 5.91 Å². The Hall–Kier alpha value is -0.650. The molecule has 1 heterocycles. The molecule has 2 fully saturated rings. The van der Waals surface area contributed by atoms with Crippen molar-refractivity contribution < 1.29 is 9.53 Å². The maximum absolute atomic E-state index is 11.8. The molecule has 3 atom stereocenters. The van der Waals surface area contributed by atoms with Gasteiger partial charge in [0.25, 0.3) is 0 Å². The number of nitrogens with one attached hydrogen (secondary N) is 1. The summed E-state index contributed by atoms with van der Waals surface area (Å²) in [5, 5.41) is 3.43.